The van der Waals surface area contributed by atoms with E-state index in [1.54, 1.807) is 6.07 Å². The van der Waals surface area contributed by atoms with Crippen LogP contribution in [-0.2, 0) is 0 Å². The van der Waals surface area contributed by atoms with E-state index >= 15 is 0 Å². The zero-order chi connectivity index (χ0) is 30.0. The molecule has 5 fully saturated rings. The third-order valence-corrected chi connectivity index (χ3v) is 10.5. The predicted octanol–water partition coefficient (Wildman–Crippen LogP) is 5.42. The highest BCUT2D eigenvalue weighted by atomic mass is 35.5. The highest BCUT2D eigenvalue weighted by molar-refractivity contribution is 7.19. The molecule has 0 saturated carbocycles. The number of anilines is 1. The maximum Gasteiger partial charge on any atom is 0.319 e. The van der Waals surface area contributed by atoms with Crippen LogP contribution in [0.15, 0.2) is 24.3 Å². The number of rotatable bonds is 6. The number of nitrogens with one attached hydrogen (secondary N) is 1. The Balaban J connectivity index is 0.00000325. The lowest BCUT2D eigenvalue weighted by atomic mass is 9.95. The van der Waals surface area contributed by atoms with E-state index < -0.39 is 12.0 Å². The number of hydrogen-bond donors (Lipinski definition) is 2. The standard InChI is InChI=1S/C32H32F2N6O3S.ClH/c1-2-23-24(34)7-5-19-10-22(41)11-25(26(19)23)43-31-36-27-28(39-14-18-4-6-21(16-39)35-13-18)37-30(38-29(27)44-31)42-17-32-8-3-9-40(32)15-20(33)12-32;/h1,5,7,10-11,18,20-21,35,41H,3-4,6,8-9,12-17H2;1H/t18-,20+,21-,32-;/m0./s1. The number of terminal acetylenes is 1. The number of ether oxygens (including phenoxy) is 2. The van der Waals surface area contributed by atoms with Crippen molar-refractivity contribution < 1.29 is 23.4 Å². The number of aromatic nitrogens is 3. The second-order valence-corrected chi connectivity index (χ2v) is 13.4. The molecule has 7 heterocycles. The van der Waals surface area contributed by atoms with Crippen molar-refractivity contribution in [2.45, 2.75) is 49.9 Å². The number of aromatic hydroxyl groups is 1. The largest absolute Gasteiger partial charge is 0.508 e. The minimum Gasteiger partial charge on any atom is -0.508 e. The Morgan fingerprint density at radius 1 is 1.18 bits per heavy atom. The Morgan fingerprint density at radius 2 is 2.07 bits per heavy atom. The van der Waals surface area contributed by atoms with Crippen LogP contribution in [-0.4, -0.2) is 82.0 Å². The maximum atomic E-state index is 14.7. The first-order valence-corrected chi connectivity index (χ1v) is 16.0. The second kappa shape index (κ2) is 11.7. The van der Waals surface area contributed by atoms with E-state index in [0.29, 0.717) is 58.5 Å². The van der Waals surface area contributed by atoms with Crippen molar-refractivity contribution >= 4 is 50.7 Å². The first-order valence-electron chi connectivity index (χ1n) is 15.2. The van der Waals surface area contributed by atoms with Gasteiger partial charge in [-0.05, 0) is 62.2 Å². The van der Waals surface area contributed by atoms with Crippen LogP contribution in [0.4, 0.5) is 14.6 Å². The van der Waals surface area contributed by atoms with Gasteiger partial charge in [0.2, 0.25) is 0 Å². The van der Waals surface area contributed by atoms with Crippen molar-refractivity contribution in [3.8, 4) is 35.0 Å². The molecule has 5 aliphatic rings. The Labute approximate surface area is 269 Å². The molecule has 9 rings (SSSR count). The number of alkyl halides is 1. The number of benzene rings is 2. The Kier molecular flexibility index (Phi) is 7.84. The zero-order valence-corrected chi connectivity index (χ0v) is 26.1. The first-order chi connectivity index (χ1) is 21.4. The van der Waals surface area contributed by atoms with Crippen LogP contribution in [0.2, 0.25) is 0 Å². The van der Waals surface area contributed by atoms with E-state index in [9.17, 15) is 13.9 Å². The molecule has 0 spiro atoms. The topological polar surface area (TPSA) is 95.9 Å². The van der Waals surface area contributed by atoms with Gasteiger partial charge in [0, 0.05) is 43.5 Å². The zero-order valence-electron chi connectivity index (χ0n) is 24.5. The van der Waals surface area contributed by atoms with Crippen molar-refractivity contribution in [3.05, 3.63) is 35.6 Å². The number of fused-ring (bicyclic) bond motifs is 7. The fourth-order valence-corrected chi connectivity index (χ4v) is 8.35. The van der Waals surface area contributed by atoms with Crippen LogP contribution in [0.3, 0.4) is 0 Å². The minimum absolute atomic E-state index is 0. The molecule has 4 aromatic rings. The Bertz CT molecular complexity index is 1800. The molecule has 5 aliphatic heterocycles. The molecule has 2 aromatic heterocycles. The molecule has 0 amide bonds. The number of thiazole rings is 1. The van der Waals surface area contributed by atoms with Crippen molar-refractivity contribution in [3.63, 3.8) is 0 Å². The summed E-state index contributed by atoms with van der Waals surface area (Å²) in [7, 11) is 0. The molecule has 45 heavy (non-hydrogen) atoms. The maximum absolute atomic E-state index is 14.7. The summed E-state index contributed by atoms with van der Waals surface area (Å²) in [5, 5.41) is 15.2. The van der Waals surface area contributed by atoms with E-state index in [4.69, 9.17) is 30.8 Å². The number of phenolic OH excluding ortho intramolecular Hbond substituents is 1. The van der Waals surface area contributed by atoms with Gasteiger partial charge in [-0.25, -0.2) is 8.78 Å². The van der Waals surface area contributed by atoms with Crippen LogP contribution < -0.4 is 19.7 Å². The summed E-state index contributed by atoms with van der Waals surface area (Å²) in [4.78, 5) is 19.5. The number of phenols is 1. The minimum atomic E-state index is -0.851. The molecule has 9 nitrogen and oxygen atoms in total. The van der Waals surface area contributed by atoms with Gasteiger partial charge in [0.1, 0.15) is 35.6 Å². The summed E-state index contributed by atoms with van der Waals surface area (Å²) in [5.41, 5.74) is 0.299. The first kappa shape index (κ1) is 30.2. The lowest BCUT2D eigenvalue weighted by Crippen LogP contribution is -2.43. The van der Waals surface area contributed by atoms with E-state index in [2.05, 4.69) is 21.0 Å². The van der Waals surface area contributed by atoms with Gasteiger partial charge >= 0.3 is 6.01 Å². The normalized spacial score (nSPS) is 26.1. The molecule has 5 saturated heterocycles. The van der Waals surface area contributed by atoms with Crippen molar-refractivity contribution in [1.29, 1.82) is 0 Å². The van der Waals surface area contributed by atoms with Gasteiger partial charge in [-0.15, -0.1) is 18.8 Å². The van der Waals surface area contributed by atoms with Gasteiger partial charge in [-0.2, -0.15) is 15.0 Å². The fraction of sp³-hybridized carbons (Fsp3) is 0.469. The number of piperidine rings is 1. The molecule has 0 unspecified atom stereocenters. The van der Waals surface area contributed by atoms with E-state index in [0.717, 1.165) is 51.9 Å². The van der Waals surface area contributed by atoms with E-state index in [1.165, 1.54) is 29.5 Å². The fourth-order valence-electron chi connectivity index (χ4n) is 7.56. The lowest BCUT2D eigenvalue weighted by Gasteiger charge is -2.31. The van der Waals surface area contributed by atoms with Crippen LogP contribution in [0.1, 0.15) is 37.7 Å². The highest BCUT2D eigenvalue weighted by Gasteiger charge is 2.49. The van der Waals surface area contributed by atoms with E-state index in [-0.39, 0.29) is 46.2 Å². The van der Waals surface area contributed by atoms with Crippen LogP contribution >= 0.6 is 23.7 Å². The third kappa shape index (κ3) is 5.39. The summed E-state index contributed by atoms with van der Waals surface area (Å²) in [6.45, 7) is 4.21. The summed E-state index contributed by atoms with van der Waals surface area (Å²) < 4.78 is 41.6. The van der Waals surface area contributed by atoms with Crippen molar-refractivity contribution in [1.82, 2.24) is 25.2 Å². The summed E-state index contributed by atoms with van der Waals surface area (Å²) >= 11 is 1.21. The molecule has 4 atom stereocenters. The molecule has 236 valence electrons. The van der Waals surface area contributed by atoms with Gasteiger partial charge in [-0.3, -0.25) is 4.90 Å². The number of halogens is 3. The van der Waals surface area contributed by atoms with Crippen molar-refractivity contribution in [2.75, 3.05) is 44.2 Å². The van der Waals surface area contributed by atoms with Gasteiger partial charge in [-0.1, -0.05) is 23.3 Å². The van der Waals surface area contributed by atoms with E-state index in [1.807, 2.05) is 0 Å². The molecule has 2 N–H and O–H groups in total. The average Bonchev–Trinajstić information content (AvgIpc) is 3.57. The smallest absolute Gasteiger partial charge is 0.319 e. The van der Waals surface area contributed by atoms with Crippen molar-refractivity contribution in [2.24, 2.45) is 5.92 Å². The summed E-state index contributed by atoms with van der Waals surface area (Å²) in [6, 6.07) is 6.31. The average molecular weight is 655 g/mol. The highest BCUT2D eigenvalue weighted by Crippen LogP contribution is 2.43. The SMILES string of the molecule is C#Cc1c(F)ccc2cc(O)cc(Oc3nc4c(N5C[C@H]6CC[C@@H](C5)NC6)nc(OC[C@@]56CCCN5C[C@H](F)C6)nc4s3)c12.Cl. The van der Waals surface area contributed by atoms with Gasteiger partial charge in [0.05, 0.1) is 11.1 Å². The van der Waals surface area contributed by atoms with Gasteiger partial charge in [0.15, 0.2) is 10.6 Å². The second-order valence-electron chi connectivity index (χ2n) is 12.5. The molecule has 13 heteroatoms. The molecular weight excluding hydrogens is 622 g/mol. The lowest BCUT2D eigenvalue weighted by molar-refractivity contribution is 0.107. The monoisotopic (exact) mass is 654 g/mol. The third-order valence-electron chi connectivity index (χ3n) is 9.63. The molecule has 2 bridgehead atoms. The van der Waals surface area contributed by atoms with Gasteiger partial charge < -0.3 is 24.8 Å². The molecule has 0 aliphatic carbocycles. The number of nitrogens with zero attached hydrogens (tertiary/aromatic N) is 5. The Morgan fingerprint density at radius 3 is 2.89 bits per heavy atom. The summed E-state index contributed by atoms with van der Waals surface area (Å²) in [5.74, 6) is 3.16. The molecule has 0 radical (unpaired) electrons. The molecular formula is C32H33ClF2N6O3S. The quantitative estimate of drug-likeness (QED) is 0.264. The van der Waals surface area contributed by atoms with Gasteiger partial charge in [0.25, 0.3) is 5.19 Å². The molecule has 2 aromatic carbocycles. The Hall–Kier alpha value is -3.50. The summed E-state index contributed by atoms with van der Waals surface area (Å²) in [6.07, 6.45) is 9.44. The van der Waals surface area contributed by atoms with Crippen LogP contribution in [0.5, 0.6) is 22.7 Å². The predicted molar refractivity (Wildman–Crippen MR) is 171 cm³/mol. The van der Waals surface area contributed by atoms with Crippen LogP contribution in [0.25, 0.3) is 21.1 Å². The number of hydrogen-bond acceptors (Lipinski definition) is 10. The van der Waals surface area contributed by atoms with Crippen LogP contribution in [0, 0.1) is 24.1 Å².